The minimum Gasteiger partial charge on any atom is -0.360 e. The second-order valence-electron chi connectivity index (χ2n) is 3.24. The summed E-state index contributed by atoms with van der Waals surface area (Å²) in [5.41, 5.74) is 2.04. The molecule has 0 saturated heterocycles. The number of anilines is 1. The first-order valence-corrected chi connectivity index (χ1v) is 5.60. The van der Waals surface area contributed by atoms with Gasteiger partial charge in [0.2, 0.25) is 5.13 Å². The molecular weight excluding hydrogens is 210 g/mol. The second kappa shape index (κ2) is 3.98. The van der Waals surface area contributed by atoms with Crippen molar-refractivity contribution in [1.29, 1.82) is 0 Å². The molecule has 0 spiro atoms. The van der Waals surface area contributed by atoms with Crippen molar-refractivity contribution in [2.24, 2.45) is 7.05 Å². The normalized spacial score (nSPS) is 10.6. The van der Waals surface area contributed by atoms with E-state index in [-0.39, 0.29) is 0 Å². The molecule has 2 heterocycles. The summed E-state index contributed by atoms with van der Waals surface area (Å²) in [5.74, 6) is 0. The Morgan fingerprint density at radius 2 is 2.27 bits per heavy atom. The molecule has 2 aromatic heterocycles. The maximum absolute atomic E-state index is 4.28. The van der Waals surface area contributed by atoms with E-state index in [1.807, 2.05) is 27.1 Å². The van der Waals surface area contributed by atoms with Crippen molar-refractivity contribution in [2.45, 2.75) is 13.8 Å². The van der Waals surface area contributed by atoms with Crippen LogP contribution in [0.1, 0.15) is 12.6 Å². The van der Waals surface area contributed by atoms with E-state index in [1.54, 1.807) is 16.0 Å². The number of rotatable bonds is 3. The number of hydrogen-bond acceptors (Lipinski definition) is 5. The number of aromatic nitrogens is 4. The molecule has 0 atom stereocenters. The van der Waals surface area contributed by atoms with Gasteiger partial charge in [0.1, 0.15) is 0 Å². The molecule has 0 saturated carbocycles. The highest BCUT2D eigenvalue weighted by Gasteiger charge is 2.11. The molecule has 0 radical (unpaired) electrons. The Balaban J connectivity index is 2.32. The second-order valence-corrected chi connectivity index (χ2v) is 4.22. The van der Waals surface area contributed by atoms with Crippen molar-refractivity contribution in [3.8, 4) is 10.6 Å². The summed E-state index contributed by atoms with van der Waals surface area (Å²) in [4.78, 5) is 0. The first-order chi connectivity index (χ1) is 7.20. The van der Waals surface area contributed by atoms with Crippen molar-refractivity contribution in [3.63, 3.8) is 0 Å². The zero-order valence-electron chi connectivity index (χ0n) is 8.98. The molecule has 0 aliphatic heterocycles. The molecule has 0 fully saturated rings. The molecule has 0 bridgehead atoms. The molecule has 0 aliphatic rings. The first-order valence-electron chi connectivity index (χ1n) is 4.78. The summed E-state index contributed by atoms with van der Waals surface area (Å²) < 4.78 is 1.79. The Kier molecular flexibility index (Phi) is 2.68. The van der Waals surface area contributed by atoms with Gasteiger partial charge in [0.25, 0.3) is 0 Å². The van der Waals surface area contributed by atoms with Crippen LogP contribution in [0.25, 0.3) is 10.6 Å². The SMILES string of the molecule is CCNc1nnc(-c2cn(C)nc2C)s1. The smallest absolute Gasteiger partial charge is 0.205 e. The average molecular weight is 223 g/mol. The van der Waals surface area contributed by atoms with Crippen LogP contribution in [0.3, 0.4) is 0 Å². The third kappa shape index (κ3) is 1.99. The third-order valence-corrected chi connectivity index (χ3v) is 2.91. The summed E-state index contributed by atoms with van der Waals surface area (Å²) in [6.07, 6.45) is 1.96. The molecule has 0 aromatic carbocycles. The summed E-state index contributed by atoms with van der Waals surface area (Å²) in [6.45, 7) is 4.88. The lowest BCUT2D eigenvalue weighted by Crippen LogP contribution is -1.94. The average Bonchev–Trinajstić information content (AvgIpc) is 2.73. The Labute approximate surface area is 92.2 Å². The highest BCUT2D eigenvalue weighted by atomic mass is 32.1. The highest BCUT2D eigenvalue weighted by Crippen LogP contribution is 2.27. The molecule has 2 rings (SSSR count). The van der Waals surface area contributed by atoms with Gasteiger partial charge in [0, 0.05) is 19.8 Å². The van der Waals surface area contributed by atoms with E-state index in [9.17, 15) is 0 Å². The lowest BCUT2D eigenvalue weighted by molar-refractivity contribution is 0.756. The molecule has 1 N–H and O–H groups in total. The van der Waals surface area contributed by atoms with Crippen LogP contribution in [0.15, 0.2) is 6.20 Å². The minimum absolute atomic E-state index is 0.857. The molecule has 0 unspecified atom stereocenters. The number of nitrogens with one attached hydrogen (secondary N) is 1. The van der Waals surface area contributed by atoms with E-state index in [0.29, 0.717) is 0 Å². The summed E-state index contributed by atoms with van der Waals surface area (Å²) >= 11 is 1.55. The maximum Gasteiger partial charge on any atom is 0.205 e. The van der Waals surface area contributed by atoms with Crippen LogP contribution in [0.2, 0.25) is 0 Å². The van der Waals surface area contributed by atoms with Gasteiger partial charge in [-0.1, -0.05) is 11.3 Å². The van der Waals surface area contributed by atoms with Crippen LogP contribution >= 0.6 is 11.3 Å². The Morgan fingerprint density at radius 3 is 2.87 bits per heavy atom. The van der Waals surface area contributed by atoms with Gasteiger partial charge in [-0.25, -0.2) is 0 Å². The molecule has 0 aliphatic carbocycles. The Hall–Kier alpha value is -1.43. The summed E-state index contributed by atoms with van der Waals surface area (Å²) in [6, 6.07) is 0. The topological polar surface area (TPSA) is 55.6 Å². The third-order valence-electron chi connectivity index (χ3n) is 2.00. The fraction of sp³-hybridized carbons (Fsp3) is 0.444. The van der Waals surface area contributed by atoms with E-state index in [2.05, 4.69) is 20.6 Å². The summed E-state index contributed by atoms with van der Waals surface area (Å²) in [5, 5.41) is 17.4. The minimum atomic E-state index is 0.857. The van der Waals surface area contributed by atoms with E-state index >= 15 is 0 Å². The van der Waals surface area contributed by atoms with Crippen LogP contribution in [-0.4, -0.2) is 26.5 Å². The van der Waals surface area contributed by atoms with Crippen molar-refractivity contribution < 1.29 is 0 Å². The lowest BCUT2D eigenvalue weighted by atomic mass is 10.3. The van der Waals surface area contributed by atoms with E-state index in [0.717, 1.165) is 27.9 Å². The van der Waals surface area contributed by atoms with E-state index < -0.39 is 0 Å². The monoisotopic (exact) mass is 223 g/mol. The Bertz CT molecular complexity index is 459. The van der Waals surface area contributed by atoms with Crippen LogP contribution in [0.4, 0.5) is 5.13 Å². The van der Waals surface area contributed by atoms with Crippen molar-refractivity contribution in [3.05, 3.63) is 11.9 Å². The van der Waals surface area contributed by atoms with E-state index in [4.69, 9.17) is 0 Å². The Morgan fingerprint density at radius 1 is 1.47 bits per heavy atom. The van der Waals surface area contributed by atoms with Gasteiger partial charge in [-0.3, -0.25) is 4.68 Å². The van der Waals surface area contributed by atoms with Crippen LogP contribution in [0, 0.1) is 6.92 Å². The fourth-order valence-electron chi connectivity index (χ4n) is 1.36. The molecule has 15 heavy (non-hydrogen) atoms. The van der Waals surface area contributed by atoms with Gasteiger partial charge in [-0.15, -0.1) is 10.2 Å². The number of aryl methyl sites for hydroxylation is 2. The molecule has 2 aromatic rings. The van der Waals surface area contributed by atoms with Gasteiger partial charge < -0.3 is 5.32 Å². The zero-order valence-corrected chi connectivity index (χ0v) is 9.80. The van der Waals surface area contributed by atoms with Gasteiger partial charge in [0.15, 0.2) is 5.01 Å². The predicted octanol–water partition coefficient (Wildman–Crippen LogP) is 1.68. The van der Waals surface area contributed by atoms with Crippen LogP contribution in [0.5, 0.6) is 0 Å². The lowest BCUT2D eigenvalue weighted by Gasteiger charge is -1.91. The quantitative estimate of drug-likeness (QED) is 0.860. The van der Waals surface area contributed by atoms with Gasteiger partial charge in [-0.05, 0) is 13.8 Å². The molecule has 0 amide bonds. The van der Waals surface area contributed by atoms with Crippen LogP contribution < -0.4 is 5.32 Å². The zero-order chi connectivity index (χ0) is 10.8. The summed E-state index contributed by atoms with van der Waals surface area (Å²) in [7, 11) is 1.91. The predicted molar refractivity (Wildman–Crippen MR) is 61.0 cm³/mol. The van der Waals surface area contributed by atoms with Crippen molar-refractivity contribution in [2.75, 3.05) is 11.9 Å². The van der Waals surface area contributed by atoms with Gasteiger partial charge in [-0.2, -0.15) is 5.10 Å². The maximum atomic E-state index is 4.28. The van der Waals surface area contributed by atoms with Crippen LogP contribution in [-0.2, 0) is 7.05 Å². The van der Waals surface area contributed by atoms with Gasteiger partial charge in [0.05, 0.1) is 11.3 Å². The van der Waals surface area contributed by atoms with Crippen molar-refractivity contribution >= 4 is 16.5 Å². The standard InChI is InChI=1S/C9H13N5S/c1-4-10-9-12-11-8(15-9)7-5-14(3)13-6(7)2/h5H,4H2,1-3H3,(H,10,12). The van der Waals surface area contributed by atoms with Gasteiger partial charge >= 0.3 is 0 Å². The number of hydrogen-bond donors (Lipinski definition) is 1. The number of nitrogens with zero attached hydrogens (tertiary/aromatic N) is 4. The highest BCUT2D eigenvalue weighted by molar-refractivity contribution is 7.18. The molecule has 80 valence electrons. The molecule has 6 heteroatoms. The molecule has 5 nitrogen and oxygen atoms in total. The van der Waals surface area contributed by atoms with Crippen molar-refractivity contribution in [1.82, 2.24) is 20.0 Å². The van der Waals surface area contributed by atoms with E-state index in [1.165, 1.54) is 0 Å². The molecular formula is C9H13N5S. The first kappa shape index (κ1) is 10.1. The fourth-order valence-corrected chi connectivity index (χ4v) is 2.24. The largest absolute Gasteiger partial charge is 0.360 e.